The smallest absolute Gasteiger partial charge is 0.320 e. The Kier molecular flexibility index (Phi) is 5.79. The van der Waals surface area contributed by atoms with Crippen molar-refractivity contribution < 1.29 is 9.53 Å². The van der Waals surface area contributed by atoms with Gasteiger partial charge in [-0.1, -0.05) is 13.8 Å². The number of ether oxygens (including phenoxy) is 1. The van der Waals surface area contributed by atoms with Gasteiger partial charge in [-0.15, -0.1) is 0 Å². The van der Waals surface area contributed by atoms with Crippen LogP contribution in [0.1, 0.15) is 58.2 Å². The summed E-state index contributed by atoms with van der Waals surface area (Å²) in [6.07, 6.45) is 6.58. The molecule has 1 aromatic rings. The third-order valence-electron chi connectivity index (χ3n) is 4.05. The van der Waals surface area contributed by atoms with E-state index < -0.39 is 0 Å². The Morgan fingerprint density at radius 1 is 1.43 bits per heavy atom. The van der Waals surface area contributed by atoms with Crippen molar-refractivity contribution in [3.8, 4) is 0 Å². The van der Waals surface area contributed by atoms with Crippen molar-refractivity contribution in [1.82, 2.24) is 14.7 Å². The second kappa shape index (κ2) is 7.59. The first-order valence-electron chi connectivity index (χ1n) is 8.11. The Morgan fingerprint density at radius 3 is 2.71 bits per heavy atom. The van der Waals surface area contributed by atoms with E-state index in [1.807, 2.05) is 6.92 Å². The SMILES string of the molecule is CCOC(=O)CN(Cc1ccn(C(CC)CC)n1)C1CC1. The van der Waals surface area contributed by atoms with Gasteiger partial charge in [-0.2, -0.15) is 5.10 Å². The molecule has 2 rings (SSSR count). The second-order valence-corrected chi connectivity index (χ2v) is 5.70. The maximum absolute atomic E-state index is 11.7. The summed E-state index contributed by atoms with van der Waals surface area (Å²) in [5.41, 5.74) is 1.04. The molecule has 0 atom stereocenters. The molecular formula is C16H27N3O2. The van der Waals surface area contributed by atoms with Crippen molar-refractivity contribution in [2.24, 2.45) is 0 Å². The maximum atomic E-state index is 11.7. The summed E-state index contributed by atoms with van der Waals surface area (Å²) in [5, 5.41) is 4.68. The van der Waals surface area contributed by atoms with Gasteiger partial charge < -0.3 is 4.74 Å². The Morgan fingerprint density at radius 2 is 2.14 bits per heavy atom. The van der Waals surface area contributed by atoms with Crippen LogP contribution < -0.4 is 0 Å². The molecule has 1 fully saturated rings. The molecular weight excluding hydrogens is 266 g/mol. The Bertz CT molecular complexity index is 450. The molecule has 118 valence electrons. The van der Waals surface area contributed by atoms with Gasteiger partial charge in [0.05, 0.1) is 24.9 Å². The number of nitrogens with zero attached hydrogens (tertiary/aromatic N) is 3. The molecule has 0 N–H and O–H groups in total. The fourth-order valence-corrected chi connectivity index (χ4v) is 2.66. The normalized spacial score (nSPS) is 14.9. The van der Waals surface area contributed by atoms with Crippen LogP contribution in [0.4, 0.5) is 0 Å². The third kappa shape index (κ3) is 4.56. The first kappa shape index (κ1) is 16.0. The third-order valence-corrected chi connectivity index (χ3v) is 4.05. The van der Waals surface area contributed by atoms with E-state index in [4.69, 9.17) is 4.74 Å². The molecule has 0 amide bonds. The number of aromatic nitrogens is 2. The molecule has 5 nitrogen and oxygen atoms in total. The topological polar surface area (TPSA) is 47.4 Å². The van der Waals surface area contributed by atoms with Gasteiger partial charge in [0.1, 0.15) is 0 Å². The van der Waals surface area contributed by atoms with Crippen LogP contribution in [0.5, 0.6) is 0 Å². The van der Waals surface area contributed by atoms with E-state index in [0.29, 0.717) is 25.2 Å². The predicted octanol–water partition coefficient (Wildman–Crippen LogP) is 2.77. The summed E-state index contributed by atoms with van der Waals surface area (Å²) in [7, 11) is 0. The van der Waals surface area contributed by atoms with Crippen LogP contribution in [0, 0.1) is 0 Å². The second-order valence-electron chi connectivity index (χ2n) is 5.70. The summed E-state index contributed by atoms with van der Waals surface area (Å²) in [6, 6.07) is 3.06. The maximum Gasteiger partial charge on any atom is 0.320 e. The van der Waals surface area contributed by atoms with Crippen molar-refractivity contribution in [2.75, 3.05) is 13.2 Å². The number of carbonyl (C=O) groups excluding carboxylic acids is 1. The molecule has 1 aliphatic rings. The van der Waals surface area contributed by atoms with E-state index in [1.54, 1.807) is 0 Å². The predicted molar refractivity (Wildman–Crippen MR) is 81.9 cm³/mol. The van der Waals surface area contributed by atoms with Crippen LogP contribution >= 0.6 is 0 Å². The molecule has 0 unspecified atom stereocenters. The lowest BCUT2D eigenvalue weighted by Crippen LogP contribution is -2.32. The van der Waals surface area contributed by atoms with Gasteiger partial charge in [0.2, 0.25) is 0 Å². The number of rotatable bonds is 9. The molecule has 0 spiro atoms. The zero-order chi connectivity index (χ0) is 15.2. The molecule has 1 heterocycles. The Labute approximate surface area is 127 Å². The van der Waals surface area contributed by atoms with E-state index in [0.717, 1.165) is 25.1 Å². The Balaban J connectivity index is 1.95. The van der Waals surface area contributed by atoms with Crippen LogP contribution in [0.15, 0.2) is 12.3 Å². The van der Waals surface area contributed by atoms with Crippen LogP contribution in [0.2, 0.25) is 0 Å². The van der Waals surface area contributed by atoms with Crippen molar-refractivity contribution in [1.29, 1.82) is 0 Å². The average molecular weight is 293 g/mol. The summed E-state index contributed by atoms with van der Waals surface area (Å²) in [5.74, 6) is -0.135. The van der Waals surface area contributed by atoms with Gasteiger partial charge >= 0.3 is 5.97 Å². The summed E-state index contributed by atoms with van der Waals surface area (Å²) in [4.78, 5) is 13.9. The van der Waals surface area contributed by atoms with E-state index in [2.05, 4.69) is 40.8 Å². The van der Waals surface area contributed by atoms with Crippen LogP contribution in [0.25, 0.3) is 0 Å². The molecule has 1 aromatic heterocycles. The van der Waals surface area contributed by atoms with Crippen molar-refractivity contribution in [2.45, 2.75) is 65.1 Å². The number of carbonyl (C=O) groups is 1. The molecule has 21 heavy (non-hydrogen) atoms. The summed E-state index contributed by atoms with van der Waals surface area (Å²) in [6.45, 7) is 7.77. The minimum atomic E-state index is -0.135. The molecule has 0 bridgehead atoms. The average Bonchev–Trinajstić information content (AvgIpc) is 3.21. The van der Waals surface area contributed by atoms with Gasteiger partial charge in [-0.05, 0) is 38.7 Å². The van der Waals surface area contributed by atoms with E-state index in [-0.39, 0.29) is 5.97 Å². The monoisotopic (exact) mass is 293 g/mol. The van der Waals surface area contributed by atoms with Crippen molar-refractivity contribution in [3.63, 3.8) is 0 Å². The van der Waals surface area contributed by atoms with E-state index in [9.17, 15) is 4.79 Å². The van der Waals surface area contributed by atoms with E-state index in [1.165, 1.54) is 12.8 Å². The van der Waals surface area contributed by atoms with E-state index >= 15 is 0 Å². The Hall–Kier alpha value is -1.36. The highest BCUT2D eigenvalue weighted by Crippen LogP contribution is 2.28. The van der Waals surface area contributed by atoms with Gasteiger partial charge in [0, 0.05) is 18.8 Å². The lowest BCUT2D eigenvalue weighted by molar-refractivity contribution is -0.144. The highest BCUT2D eigenvalue weighted by atomic mass is 16.5. The quantitative estimate of drug-likeness (QED) is 0.657. The fourth-order valence-electron chi connectivity index (χ4n) is 2.66. The summed E-state index contributed by atoms with van der Waals surface area (Å²) >= 11 is 0. The number of esters is 1. The van der Waals surface area contributed by atoms with Crippen LogP contribution in [-0.4, -0.2) is 39.8 Å². The lowest BCUT2D eigenvalue weighted by atomic mass is 10.2. The zero-order valence-corrected chi connectivity index (χ0v) is 13.4. The highest BCUT2D eigenvalue weighted by molar-refractivity contribution is 5.71. The van der Waals surface area contributed by atoms with Gasteiger partial charge in [0.15, 0.2) is 0 Å². The number of hydrogen-bond acceptors (Lipinski definition) is 4. The minimum absolute atomic E-state index is 0.135. The highest BCUT2D eigenvalue weighted by Gasteiger charge is 2.31. The zero-order valence-electron chi connectivity index (χ0n) is 13.4. The van der Waals surface area contributed by atoms with Crippen molar-refractivity contribution >= 4 is 5.97 Å². The van der Waals surface area contributed by atoms with Gasteiger partial charge in [-0.3, -0.25) is 14.4 Å². The minimum Gasteiger partial charge on any atom is -0.465 e. The lowest BCUT2D eigenvalue weighted by Gasteiger charge is -2.19. The molecule has 1 saturated carbocycles. The number of hydrogen-bond donors (Lipinski definition) is 0. The van der Waals surface area contributed by atoms with Gasteiger partial charge in [0.25, 0.3) is 0 Å². The fraction of sp³-hybridized carbons (Fsp3) is 0.750. The largest absolute Gasteiger partial charge is 0.465 e. The molecule has 5 heteroatoms. The standard InChI is InChI=1S/C16H27N3O2/c1-4-14(5-2)19-10-9-13(17-19)11-18(15-7-8-15)12-16(20)21-6-3/h9-10,14-15H,4-8,11-12H2,1-3H3. The van der Waals surface area contributed by atoms with Crippen LogP contribution in [-0.2, 0) is 16.1 Å². The molecule has 0 aliphatic heterocycles. The first-order chi connectivity index (χ1) is 10.2. The van der Waals surface area contributed by atoms with Crippen LogP contribution in [0.3, 0.4) is 0 Å². The molecule has 0 saturated heterocycles. The van der Waals surface area contributed by atoms with Gasteiger partial charge in [-0.25, -0.2) is 0 Å². The molecule has 0 radical (unpaired) electrons. The first-order valence-corrected chi connectivity index (χ1v) is 8.11. The summed E-state index contributed by atoms with van der Waals surface area (Å²) < 4.78 is 7.12. The molecule has 1 aliphatic carbocycles. The molecule has 0 aromatic carbocycles. The van der Waals surface area contributed by atoms with Crippen molar-refractivity contribution in [3.05, 3.63) is 18.0 Å².